The largest absolute Gasteiger partial charge is 0.489 e. The van der Waals surface area contributed by atoms with E-state index in [0.717, 1.165) is 16.9 Å². The van der Waals surface area contributed by atoms with Crippen molar-refractivity contribution in [2.75, 3.05) is 6.54 Å². The number of nitrogens with two attached hydrogens (primary N) is 1. The van der Waals surface area contributed by atoms with Gasteiger partial charge < -0.3 is 15.8 Å². The first-order valence-corrected chi connectivity index (χ1v) is 6.96. The molecule has 0 aliphatic rings. The predicted octanol–water partition coefficient (Wildman–Crippen LogP) is 2.49. The van der Waals surface area contributed by atoms with Gasteiger partial charge in [-0.3, -0.25) is 4.79 Å². The molecule has 2 aromatic rings. The number of benzene rings is 2. The molecule has 4 nitrogen and oxygen atoms in total. The highest BCUT2D eigenvalue weighted by Gasteiger charge is 2.00. The van der Waals surface area contributed by atoms with Gasteiger partial charge in [-0.05, 0) is 35.4 Å². The Hall–Kier alpha value is -2.04. The maximum Gasteiger partial charge on any atom is 0.231 e. The fourth-order valence-corrected chi connectivity index (χ4v) is 2.08. The summed E-state index contributed by atoms with van der Waals surface area (Å²) in [6.07, 6.45) is 0. The molecule has 0 spiro atoms. The summed E-state index contributed by atoms with van der Waals surface area (Å²) in [5, 5.41) is 3.66. The normalized spacial score (nSPS) is 10.3. The van der Waals surface area contributed by atoms with Crippen LogP contribution in [-0.2, 0) is 17.9 Å². The molecule has 0 unspecified atom stereocenters. The molecular weight excluding hydrogens is 288 g/mol. The summed E-state index contributed by atoms with van der Waals surface area (Å²) in [6, 6.07) is 15.3. The number of carbonyl (C=O) groups is 1. The Balaban J connectivity index is 1.90. The summed E-state index contributed by atoms with van der Waals surface area (Å²) in [5.41, 5.74) is 7.12. The number of halogens is 1. The van der Waals surface area contributed by atoms with Crippen molar-refractivity contribution in [1.29, 1.82) is 0 Å². The number of rotatable bonds is 7. The van der Waals surface area contributed by atoms with Gasteiger partial charge in [-0.25, -0.2) is 0 Å². The number of ether oxygens (including phenoxy) is 1. The Morgan fingerprint density at radius 1 is 1.14 bits per heavy atom. The lowest BCUT2D eigenvalue weighted by Gasteiger charge is -2.09. The second kappa shape index (κ2) is 7.67. The number of nitrogens with one attached hydrogen (secondary N) is 1. The molecule has 5 heteroatoms. The fraction of sp³-hybridized carbons (Fsp3) is 0.188. The van der Waals surface area contributed by atoms with Crippen LogP contribution in [0, 0.1) is 0 Å². The molecule has 2 aromatic carbocycles. The van der Waals surface area contributed by atoms with Crippen molar-refractivity contribution in [3.05, 3.63) is 64.7 Å². The lowest BCUT2D eigenvalue weighted by Crippen LogP contribution is -2.28. The lowest BCUT2D eigenvalue weighted by atomic mass is 10.2. The van der Waals surface area contributed by atoms with Crippen LogP contribution in [0.1, 0.15) is 11.1 Å². The smallest absolute Gasteiger partial charge is 0.231 e. The first kappa shape index (κ1) is 15.4. The Labute approximate surface area is 128 Å². The van der Waals surface area contributed by atoms with Crippen LogP contribution >= 0.6 is 11.6 Å². The maximum absolute atomic E-state index is 10.7. The van der Waals surface area contributed by atoms with Gasteiger partial charge in [0.15, 0.2) is 0 Å². The van der Waals surface area contributed by atoms with E-state index in [9.17, 15) is 4.79 Å². The summed E-state index contributed by atoms with van der Waals surface area (Å²) < 4.78 is 5.74. The van der Waals surface area contributed by atoms with Gasteiger partial charge in [0, 0.05) is 11.6 Å². The van der Waals surface area contributed by atoms with Gasteiger partial charge in [-0.1, -0.05) is 35.9 Å². The van der Waals surface area contributed by atoms with Gasteiger partial charge in [0.2, 0.25) is 5.91 Å². The van der Waals surface area contributed by atoms with Gasteiger partial charge in [0.25, 0.3) is 0 Å². The van der Waals surface area contributed by atoms with E-state index in [1.807, 2.05) is 48.5 Å². The van der Waals surface area contributed by atoms with E-state index >= 15 is 0 Å². The van der Waals surface area contributed by atoms with E-state index in [2.05, 4.69) is 5.32 Å². The van der Waals surface area contributed by atoms with Crippen molar-refractivity contribution in [3.63, 3.8) is 0 Å². The third kappa shape index (κ3) is 5.45. The molecule has 0 heterocycles. The van der Waals surface area contributed by atoms with E-state index < -0.39 is 0 Å². The van der Waals surface area contributed by atoms with Gasteiger partial charge in [-0.15, -0.1) is 0 Å². The highest BCUT2D eigenvalue weighted by molar-refractivity contribution is 6.30. The molecule has 21 heavy (non-hydrogen) atoms. The summed E-state index contributed by atoms with van der Waals surface area (Å²) in [4.78, 5) is 10.7. The molecule has 0 aromatic heterocycles. The second-order valence-corrected chi connectivity index (χ2v) is 5.07. The van der Waals surface area contributed by atoms with Crippen molar-refractivity contribution in [2.45, 2.75) is 13.2 Å². The first-order valence-electron chi connectivity index (χ1n) is 6.59. The van der Waals surface area contributed by atoms with E-state index in [1.54, 1.807) is 0 Å². The number of carbonyl (C=O) groups excluding carboxylic acids is 1. The van der Waals surface area contributed by atoms with Crippen LogP contribution in [0.25, 0.3) is 0 Å². The van der Waals surface area contributed by atoms with Gasteiger partial charge in [-0.2, -0.15) is 0 Å². The monoisotopic (exact) mass is 304 g/mol. The molecule has 3 N–H and O–H groups in total. The van der Waals surface area contributed by atoms with Crippen molar-refractivity contribution in [2.24, 2.45) is 5.73 Å². The Kier molecular flexibility index (Phi) is 5.60. The lowest BCUT2D eigenvalue weighted by molar-refractivity contribution is -0.117. The van der Waals surface area contributed by atoms with E-state index in [1.165, 1.54) is 0 Å². The number of hydrogen-bond donors (Lipinski definition) is 2. The average molecular weight is 305 g/mol. The third-order valence-corrected chi connectivity index (χ3v) is 3.06. The minimum absolute atomic E-state index is 0.160. The van der Waals surface area contributed by atoms with Crippen molar-refractivity contribution in [1.82, 2.24) is 5.32 Å². The van der Waals surface area contributed by atoms with Crippen LogP contribution in [0.3, 0.4) is 0 Å². The topological polar surface area (TPSA) is 64.4 Å². The Bertz CT molecular complexity index is 617. The quantitative estimate of drug-likeness (QED) is 0.826. The standard InChI is InChI=1S/C16H17ClN2O2/c17-14-5-1-4-13(7-14)11-21-15-6-2-3-12(8-15)9-19-10-16(18)20/h1-8,19H,9-11H2,(H2,18,20). The highest BCUT2D eigenvalue weighted by Crippen LogP contribution is 2.17. The van der Waals surface area contributed by atoms with Gasteiger partial charge in [0.1, 0.15) is 12.4 Å². The number of hydrogen-bond acceptors (Lipinski definition) is 3. The molecule has 0 fully saturated rings. The minimum atomic E-state index is -0.372. The van der Waals surface area contributed by atoms with Gasteiger partial charge >= 0.3 is 0 Å². The van der Waals surface area contributed by atoms with Crippen LogP contribution < -0.4 is 15.8 Å². The van der Waals surface area contributed by atoms with Crippen molar-refractivity contribution in [3.8, 4) is 5.75 Å². The van der Waals surface area contributed by atoms with Crippen molar-refractivity contribution < 1.29 is 9.53 Å². The minimum Gasteiger partial charge on any atom is -0.489 e. The third-order valence-electron chi connectivity index (χ3n) is 2.82. The molecule has 0 saturated carbocycles. The Morgan fingerprint density at radius 2 is 1.90 bits per heavy atom. The van der Waals surface area contributed by atoms with Crippen LogP contribution in [-0.4, -0.2) is 12.5 Å². The van der Waals surface area contributed by atoms with Crippen molar-refractivity contribution >= 4 is 17.5 Å². The predicted molar refractivity (Wildman–Crippen MR) is 83.1 cm³/mol. The summed E-state index contributed by atoms with van der Waals surface area (Å²) in [7, 11) is 0. The fourth-order valence-electron chi connectivity index (χ4n) is 1.87. The average Bonchev–Trinajstić information content (AvgIpc) is 2.45. The Morgan fingerprint density at radius 3 is 2.67 bits per heavy atom. The number of amides is 1. The van der Waals surface area contributed by atoms with E-state index in [-0.39, 0.29) is 12.5 Å². The van der Waals surface area contributed by atoms with E-state index in [4.69, 9.17) is 22.1 Å². The van der Waals surface area contributed by atoms with Crippen LogP contribution in [0.4, 0.5) is 0 Å². The molecule has 0 aliphatic heterocycles. The first-order chi connectivity index (χ1) is 10.1. The maximum atomic E-state index is 10.7. The van der Waals surface area contributed by atoms with Crippen LogP contribution in [0.5, 0.6) is 5.75 Å². The van der Waals surface area contributed by atoms with Gasteiger partial charge in [0.05, 0.1) is 6.54 Å². The molecule has 0 atom stereocenters. The molecule has 2 rings (SSSR count). The molecule has 0 radical (unpaired) electrons. The zero-order chi connectivity index (χ0) is 15.1. The second-order valence-electron chi connectivity index (χ2n) is 4.64. The highest BCUT2D eigenvalue weighted by atomic mass is 35.5. The van der Waals surface area contributed by atoms with E-state index in [0.29, 0.717) is 18.2 Å². The summed E-state index contributed by atoms with van der Waals surface area (Å²) >= 11 is 5.93. The molecule has 0 saturated heterocycles. The van der Waals surface area contributed by atoms with Crippen LogP contribution in [0.15, 0.2) is 48.5 Å². The summed E-state index contributed by atoms with van der Waals surface area (Å²) in [5.74, 6) is 0.400. The SMILES string of the molecule is NC(=O)CNCc1cccc(OCc2cccc(Cl)c2)c1. The zero-order valence-corrected chi connectivity index (χ0v) is 12.3. The molecule has 1 amide bonds. The zero-order valence-electron chi connectivity index (χ0n) is 11.5. The summed E-state index contributed by atoms with van der Waals surface area (Å²) in [6.45, 7) is 1.18. The molecular formula is C16H17ClN2O2. The molecule has 0 bridgehead atoms. The molecule has 110 valence electrons. The molecule has 0 aliphatic carbocycles. The number of primary amides is 1. The van der Waals surface area contributed by atoms with Crippen LogP contribution in [0.2, 0.25) is 5.02 Å².